The van der Waals surface area contributed by atoms with Gasteiger partial charge in [0, 0.05) is 12.1 Å². The van der Waals surface area contributed by atoms with Gasteiger partial charge in [0.2, 0.25) is 0 Å². The maximum atomic E-state index is 12.7. The zero-order chi connectivity index (χ0) is 9.40. The lowest BCUT2D eigenvalue weighted by Gasteiger charge is -1.99. The average molecular weight is 168 g/mol. The highest BCUT2D eigenvalue weighted by molar-refractivity contribution is 5.16. The largest absolute Gasteiger partial charge is 0.317 e. The second kappa shape index (κ2) is 6.49. The Bertz CT molecular complexity index is 226. The highest BCUT2D eigenvalue weighted by atomic mass is 19.1. The van der Waals surface area contributed by atoms with E-state index in [0.717, 1.165) is 0 Å². The molecule has 0 aliphatic heterocycles. The molecule has 0 spiro atoms. The molecular weight excluding hydrogens is 155 g/mol. The van der Waals surface area contributed by atoms with E-state index in [1.165, 1.54) is 6.07 Å². The molecule has 0 bridgehead atoms. The van der Waals surface area contributed by atoms with Crippen molar-refractivity contribution in [3.05, 3.63) is 35.6 Å². The Morgan fingerprint density at radius 3 is 2.50 bits per heavy atom. The van der Waals surface area contributed by atoms with E-state index in [0.29, 0.717) is 12.1 Å². The van der Waals surface area contributed by atoms with Gasteiger partial charge in [-0.3, -0.25) is 0 Å². The van der Waals surface area contributed by atoms with Crippen LogP contribution in [-0.4, -0.2) is 13.8 Å². The smallest absolute Gasteiger partial charge is 0.127 e. The van der Waals surface area contributed by atoms with E-state index in [9.17, 15) is 4.39 Å². The van der Waals surface area contributed by atoms with Crippen LogP contribution in [0.15, 0.2) is 24.3 Å². The zero-order valence-electron chi connectivity index (χ0n) is 7.10. The van der Waals surface area contributed by atoms with Crippen LogP contribution in [0, 0.1) is 11.2 Å². The first-order valence-electron chi connectivity index (χ1n) is 3.58. The standard InChI is InChI=1S/C8H10FN.CH3N/c1-10-6-7-4-2-3-5-8(7)9;1-2/h2-5,10H,6H2,1H3;2H,1H2. The Labute approximate surface area is 71.9 Å². The Morgan fingerprint density at radius 2 is 2.00 bits per heavy atom. The molecular formula is C9H13FN2. The molecule has 0 radical (unpaired) electrons. The summed E-state index contributed by atoms with van der Waals surface area (Å²) >= 11 is 0. The van der Waals surface area contributed by atoms with Crippen molar-refractivity contribution in [1.82, 2.24) is 5.32 Å². The molecule has 1 rings (SSSR count). The third-order valence-electron chi connectivity index (χ3n) is 1.33. The normalized spacial score (nSPS) is 8.50. The van der Waals surface area contributed by atoms with E-state index < -0.39 is 0 Å². The van der Waals surface area contributed by atoms with Gasteiger partial charge in [-0.25, -0.2) is 4.39 Å². The molecule has 1 aromatic rings. The van der Waals surface area contributed by atoms with Gasteiger partial charge in [-0.2, -0.15) is 0 Å². The van der Waals surface area contributed by atoms with Crippen LogP contribution in [-0.2, 0) is 6.54 Å². The molecule has 0 fully saturated rings. The molecule has 0 aliphatic carbocycles. The summed E-state index contributed by atoms with van der Waals surface area (Å²) in [7, 11) is 1.80. The van der Waals surface area contributed by atoms with Gasteiger partial charge in [-0.15, -0.1) is 0 Å². The van der Waals surface area contributed by atoms with E-state index in [1.54, 1.807) is 19.2 Å². The lowest BCUT2D eigenvalue weighted by molar-refractivity contribution is 0.601. The number of nitrogens with one attached hydrogen (secondary N) is 2. The van der Waals surface area contributed by atoms with Gasteiger partial charge < -0.3 is 10.7 Å². The fourth-order valence-electron chi connectivity index (χ4n) is 0.832. The third kappa shape index (κ3) is 3.25. The van der Waals surface area contributed by atoms with Crippen molar-refractivity contribution in [3.8, 4) is 0 Å². The predicted molar refractivity (Wildman–Crippen MR) is 49.0 cm³/mol. The Balaban J connectivity index is 0.000000561. The molecule has 2 nitrogen and oxygen atoms in total. The highest BCUT2D eigenvalue weighted by Gasteiger charge is 1.95. The Kier molecular flexibility index (Phi) is 5.83. The Morgan fingerprint density at radius 1 is 1.42 bits per heavy atom. The molecule has 0 amide bonds. The monoisotopic (exact) mass is 168 g/mol. The van der Waals surface area contributed by atoms with Crippen molar-refractivity contribution in [2.45, 2.75) is 6.54 Å². The summed E-state index contributed by atoms with van der Waals surface area (Å²) in [6.45, 7) is 3.09. The van der Waals surface area contributed by atoms with Crippen molar-refractivity contribution >= 4 is 6.72 Å². The van der Waals surface area contributed by atoms with Crippen molar-refractivity contribution in [2.75, 3.05) is 7.05 Å². The van der Waals surface area contributed by atoms with Gasteiger partial charge in [0.25, 0.3) is 0 Å². The Hall–Kier alpha value is -1.22. The minimum Gasteiger partial charge on any atom is -0.317 e. The van der Waals surface area contributed by atoms with E-state index in [-0.39, 0.29) is 5.82 Å². The van der Waals surface area contributed by atoms with Crippen molar-refractivity contribution in [2.24, 2.45) is 0 Å². The second-order valence-electron chi connectivity index (χ2n) is 2.12. The quantitative estimate of drug-likeness (QED) is 0.649. The van der Waals surface area contributed by atoms with Gasteiger partial charge in [-0.1, -0.05) is 18.2 Å². The van der Waals surface area contributed by atoms with Crippen LogP contribution in [0.1, 0.15) is 5.56 Å². The van der Waals surface area contributed by atoms with E-state index in [4.69, 9.17) is 5.41 Å². The molecule has 2 N–H and O–H groups in total. The van der Waals surface area contributed by atoms with Gasteiger partial charge in [0.15, 0.2) is 0 Å². The highest BCUT2D eigenvalue weighted by Crippen LogP contribution is 2.04. The van der Waals surface area contributed by atoms with Crippen LogP contribution in [0.4, 0.5) is 4.39 Å². The number of hydrogen-bond acceptors (Lipinski definition) is 2. The minimum atomic E-state index is -0.142. The first-order valence-corrected chi connectivity index (χ1v) is 3.58. The minimum absolute atomic E-state index is 0.142. The van der Waals surface area contributed by atoms with Gasteiger partial charge in [0.1, 0.15) is 5.82 Å². The SMILES string of the molecule is C=N.CNCc1ccccc1F. The molecule has 3 heteroatoms. The summed E-state index contributed by atoms with van der Waals surface area (Å²) in [5.74, 6) is -0.142. The van der Waals surface area contributed by atoms with Crippen molar-refractivity contribution < 1.29 is 4.39 Å². The van der Waals surface area contributed by atoms with Gasteiger partial charge >= 0.3 is 0 Å². The van der Waals surface area contributed by atoms with Gasteiger partial charge in [-0.05, 0) is 19.8 Å². The fourth-order valence-corrected chi connectivity index (χ4v) is 0.832. The molecule has 0 aliphatic rings. The van der Waals surface area contributed by atoms with Crippen LogP contribution in [0.2, 0.25) is 0 Å². The van der Waals surface area contributed by atoms with E-state index >= 15 is 0 Å². The van der Waals surface area contributed by atoms with Crippen LogP contribution in [0.25, 0.3) is 0 Å². The average Bonchev–Trinajstić information content (AvgIpc) is 2.13. The van der Waals surface area contributed by atoms with Crippen molar-refractivity contribution in [1.29, 1.82) is 5.41 Å². The van der Waals surface area contributed by atoms with Crippen LogP contribution in [0.5, 0.6) is 0 Å². The summed E-state index contributed by atoms with van der Waals surface area (Å²) in [5.41, 5.74) is 0.713. The van der Waals surface area contributed by atoms with Gasteiger partial charge in [0.05, 0.1) is 0 Å². The molecule has 0 unspecified atom stereocenters. The molecule has 0 heterocycles. The second-order valence-corrected chi connectivity index (χ2v) is 2.12. The summed E-state index contributed by atoms with van der Waals surface area (Å²) in [6.07, 6.45) is 0. The lowest BCUT2D eigenvalue weighted by atomic mass is 10.2. The molecule has 1 aromatic carbocycles. The summed E-state index contributed by atoms with van der Waals surface area (Å²) < 4.78 is 12.7. The molecule has 0 saturated heterocycles. The summed E-state index contributed by atoms with van der Waals surface area (Å²) in [6, 6.07) is 6.75. The molecule has 0 aromatic heterocycles. The summed E-state index contributed by atoms with van der Waals surface area (Å²) in [5, 5.41) is 8.38. The summed E-state index contributed by atoms with van der Waals surface area (Å²) in [4.78, 5) is 0. The molecule has 12 heavy (non-hydrogen) atoms. The third-order valence-corrected chi connectivity index (χ3v) is 1.33. The van der Waals surface area contributed by atoms with E-state index in [1.807, 2.05) is 6.07 Å². The van der Waals surface area contributed by atoms with Crippen LogP contribution < -0.4 is 5.32 Å². The van der Waals surface area contributed by atoms with Crippen LogP contribution in [0.3, 0.4) is 0 Å². The van der Waals surface area contributed by atoms with Crippen molar-refractivity contribution in [3.63, 3.8) is 0 Å². The number of hydrogen-bond donors (Lipinski definition) is 2. The van der Waals surface area contributed by atoms with E-state index in [2.05, 4.69) is 12.0 Å². The zero-order valence-corrected chi connectivity index (χ0v) is 7.10. The molecule has 0 saturated carbocycles. The fraction of sp³-hybridized carbons (Fsp3) is 0.222. The topological polar surface area (TPSA) is 35.9 Å². The lowest BCUT2D eigenvalue weighted by Crippen LogP contribution is -2.06. The number of benzene rings is 1. The first-order chi connectivity index (χ1) is 5.84. The number of halogens is 1. The maximum Gasteiger partial charge on any atom is 0.127 e. The maximum absolute atomic E-state index is 12.7. The van der Waals surface area contributed by atoms with Crippen LogP contribution >= 0.6 is 0 Å². The number of rotatable bonds is 2. The molecule has 0 atom stereocenters. The molecule has 66 valence electrons. The first kappa shape index (κ1) is 10.8. The predicted octanol–water partition coefficient (Wildman–Crippen LogP) is 1.81.